The minimum Gasteiger partial charge on any atom is -0.490 e. The Hall–Kier alpha value is -1.71. The van der Waals surface area contributed by atoms with Gasteiger partial charge in [-0.25, -0.2) is 25.6 Å². The van der Waals surface area contributed by atoms with Crippen molar-refractivity contribution in [2.24, 2.45) is 11.8 Å². The van der Waals surface area contributed by atoms with Gasteiger partial charge in [0.1, 0.15) is 10.6 Å². The number of fused-ring (bicyclic) bond motifs is 3. The molecular weight excluding hydrogens is 506 g/mol. The van der Waals surface area contributed by atoms with Crippen LogP contribution < -0.4 is 4.74 Å². The molecule has 2 saturated carbocycles. The molecule has 0 unspecified atom stereocenters. The molecule has 5 rings (SSSR count). The van der Waals surface area contributed by atoms with E-state index in [0.717, 1.165) is 12.1 Å². The van der Waals surface area contributed by atoms with E-state index >= 15 is 4.39 Å². The van der Waals surface area contributed by atoms with Crippen LogP contribution in [-0.4, -0.2) is 34.4 Å². The molecule has 5 nitrogen and oxygen atoms in total. The molecule has 34 heavy (non-hydrogen) atoms. The van der Waals surface area contributed by atoms with E-state index < -0.39 is 42.0 Å². The number of hydrogen-bond donors (Lipinski definition) is 0. The van der Waals surface area contributed by atoms with E-state index in [1.54, 1.807) is 0 Å². The first kappa shape index (κ1) is 24.0. The van der Waals surface area contributed by atoms with Crippen LogP contribution in [-0.2, 0) is 24.4 Å². The van der Waals surface area contributed by atoms with Crippen molar-refractivity contribution in [3.63, 3.8) is 0 Å². The van der Waals surface area contributed by atoms with Crippen LogP contribution >= 0.6 is 11.6 Å². The van der Waals surface area contributed by atoms with Gasteiger partial charge in [-0.15, -0.1) is 0 Å². The van der Waals surface area contributed by atoms with Gasteiger partial charge in [0.05, 0.1) is 28.1 Å². The Bertz CT molecular complexity index is 1320. The van der Waals surface area contributed by atoms with Gasteiger partial charge in [0.2, 0.25) is 0 Å². The van der Waals surface area contributed by atoms with E-state index in [1.165, 1.54) is 24.3 Å². The molecule has 2 aromatic carbocycles. The average molecular weight is 531 g/mol. The number of rotatable bonds is 6. The van der Waals surface area contributed by atoms with Crippen molar-refractivity contribution >= 4 is 31.3 Å². The molecule has 1 heterocycles. The monoisotopic (exact) mass is 530 g/mol. The molecule has 2 aliphatic carbocycles. The lowest BCUT2D eigenvalue weighted by molar-refractivity contribution is 0.0971. The first-order chi connectivity index (χ1) is 16.1. The van der Waals surface area contributed by atoms with Crippen molar-refractivity contribution < 1.29 is 30.4 Å². The van der Waals surface area contributed by atoms with Crippen molar-refractivity contribution in [3.05, 3.63) is 58.6 Å². The van der Waals surface area contributed by atoms with Crippen LogP contribution in [0, 0.1) is 23.5 Å². The first-order valence-corrected chi connectivity index (χ1v) is 15.0. The molecule has 3 aliphatic rings. The van der Waals surface area contributed by atoms with Crippen molar-refractivity contribution in [1.29, 1.82) is 0 Å². The van der Waals surface area contributed by atoms with Gasteiger partial charge < -0.3 is 4.74 Å². The average Bonchev–Trinajstić information content (AvgIpc) is 3.66. The summed E-state index contributed by atoms with van der Waals surface area (Å²) in [4.78, 5) is -0.0202. The van der Waals surface area contributed by atoms with Gasteiger partial charge in [0, 0.05) is 10.9 Å². The van der Waals surface area contributed by atoms with Crippen LogP contribution in [0.4, 0.5) is 8.78 Å². The second kappa shape index (κ2) is 8.45. The van der Waals surface area contributed by atoms with Gasteiger partial charge in [-0.1, -0.05) is 11.6 Å². The molecule has 3 atom stereocenters. The Morgan fingerprint density at radius 1 is 0.971 bits per heavy atom. The lowest BCUT2D eigenvalue weighted by Crippen LogP contribution is -2.52. The minimum absolute atomic E-state index is 0.0202. The van der Waals surface area contributed by atoms with Gasteiger partial charge in [-0.3, -0.25) is 0 Å². The highest BCUT2D eigenvalue weighted by molar-refractivity contribution is 7.92. The van der Waals surface area contributed by atoms with E-state index in [-0.39, 0.29) is 46.2 Å². The smallest absolute Gasteiger partial charge is 0.188 e. The second-order valence-electron chi connectivity index (χ2n) is 9.58. The third-order valence-corrected chi connectivity index (χ3v) is 12.7. The SMILES string of the molecule is O=S(=O)(CC[C@@H]1CC[C@@]2(S(=O)(=O)c3ccc(Cl)cc3)c3c(F)ccc(F)c3OC[C@H]2C1)C1CC1. The Kier molecular flexibility index (Phi) is 5.97. The maximum Gasteiger partial charge on any atom is 0.188 e. The van der Waals surface area contributed by atoms with Gasteiger partial charge in [0.15, 0.2) is 31.2 Å². The zero-order chi connectivity index (χ0) is 24.3. The number of halogens is 3. The van der Waals surface area contributed by atoms with Crippen molar-refractivity contribution in [3.8, 4) is 5.75 Å². The third kappa shape index (κ3) is 3.84. The summed E-state index contributed by atoms with van der Waals surface area (Å²) in [6.07, 6.45) is 2.61. The molecule has 0 aromatic heterocycles. The molecule has 0 amide bonds. The molecule has 10 heteroatoms. The highest BCUT2D eigenvalue weighted by Crippen LogP contribution is 2.57. The number of hydrogen-bond acceptors (Lipinski definition) is 5. The standard InChI is InChI=1S/C24H25ClF2O5S2/c25-17-1-3-19(4-2-17)34(30,31)24-11-9-15(10-12-33(28,29)18-5-6-18)13-16(24)14-32-23-21(27)8-7-20(26)22(23)24/h1-4,7-8,15-16,18H,5-6,9-14H2/t15-,16+,24-/m0/s1. The predicted molar refractivity (Wildman–Crippen MR) is 124 cm³/mol. The van der Waals surface area contributed by atoms with Crippen LogP contribution in [0.15, 0.2) is 41.3 Å². The molecule has 0 saturated heterocycles. The molecular formula is C24H25ClF2O5S2. The van der Waals surface area contributed by atoms with Crippen molar-refractivity contribution in [1.82, 2.24) is 0 Å². The van der Waals surface area contributed by atoms with Crippen molar-refractivity contribution in [2.45, 2.75) is 53.4 Å². The van der Waals surface area contributed by atoms with Crippen LogP contribution in [0.25, 0.3) is 0 Å². The molecule has 2 aromatic rings. The summed E-state index contributed by atoms with van der Waals surface area (Å²) in [5, 5.41) is 0.112. The topological polar surface area (TPSA) is 77.5 Å². The summed E-state index contributed by atoms with van der Waals surface area (Å²) in [7, 11) is -7.33. The van der Waals surface area contributed by atoms with Crippen LogP contribution in [0.5, 0.6) is 5.75 Å². The number of benzene rings is 2. The van der Waals surface area contributed by atoms with E-state index in [9.17, 15) is 21.2 Å². The van der Waals surface area contributed by atoms with Crippen LogP contribution in [0.1, 0.15) is 44.1 Å². The van der Waals surface area contributed by atoms with E-state index in [2.05, 4.69) is 0 Å². The Labute approximate surface area is 203 Å². The predicted octanol–water partition coefficient (Wildman–Crippen LogP) is 5.06. The van der Waals surface area contributed by atoms with E-state index in [1.807, 2.05) is 0 Å². The lowest BCUT2D eigenvalue weighted by Gasteiger charge is -2.49. The first-order valence-electron chi connectivity index (χ1n) is 11.4. The number of sulfone groups is 2. The van der Waals surface area contributed by atoms with Crippen LogP contribution in [0.3, 0.4) is 0 Å². The molecule has 0 spiro atoms. The maximum atomic E-state index is 15.3. The zero-order valence-electron chi connectivity index (χ0n) is 18.3. The van der Waals surface area contributed by atoms with Gasteiger partial charge in [0.25, 0.3) is 0 Å². The van der Waals surface area contributed by atoms with E-state index in [0.29, 0.717) is 37.1 Å². The summed E-state index contributed by atoms with van der Waals surface area (Å²) in [6, 6.07) is 7.54. The van der Waals surface area contributed by atoms with Gasteiger partial charge >= 0.3 is 0 Å². The number of ether oxygens (including phenoxy) is 1. The van der Waals surface area contributed by atoms with E-state index in [4.69, 9.17) is 16.3 Å². The normalized spacial score (nSPS) is 26.9. The summed E-state index contributed by atoms with van der Waals surface area (Å²) < 4.78 is 86.8. The highest BCUT2D eigenvalue weighted by atomic mass is 35.5. The molecule has 0 radical (unpaired) electrons. The second-order valence-corrected chi connectivity index (χ2v) is 14.6. The Morgan fingerprint density at radius 2 is 1.65 bits per heavy atom. The molecule has 0 N–H and O–H groups in total. The largest absolute Gasteiger partial charge is 0.490 e. The fourth-order valence-corrected chi connectivity index (χ4v) is 9.96. The quantitative estimate of drug-likeness (QED) is 0.521. The summed E-state index contributed by atoms with van der Waals surface area (Å²) in [5.41, 5.74) is -0.261. The highest BCUT2D eigenvalue weighted by Gasteiger charge is 2.59. The Morgan fingerprint density at radius 3 is 2.32 bits per heavy atom. The van der Waals surface area contributed by atoms with Crippen LogP contribution in [0.2, 0.25) is 5.02 Å². The third-order valence-electron chi connectivity index (χ3n) is 7.56. The molecule has 0 bridgehead atoms. The maximum absolute atomic E-state index is 15.3. The summed E-state index contributed by atoms with van der Waals surface area (Å²) in [6.45, 7) is -0.0912. The van der Waals surface area contributed by atoms with Gasteiger partial charge in [-0.05, 0) is 80.8 Å². The fraction of sp³-hybridized carbons (Fsp3) is 0.500. The lowest BCUT2D eigenvalue weighted by atomic mass is 9.68. The van der Waals surface area contributed by atoms with Crippen molar-refractivity contribution in [2.75, 3.05) is 12.4 Å². The minimum atomic E-state index is -4.19. The molecule has 1 aliphatic heterocycles. The summed E-state index contributed by atoms with van der Waals surface area (Å²) >= 11 is 5.95. The molecule has 2 fully saturated rings. The fourth-order valence-electron chi connectivity index (χ4n) is 5.62. The summed E-state index contributed by atoms with van der Waals surface area (Å²) in [5.74, 6) is -2.63. The zero-order valence-corrected chi connectivity index (χ0v) is 20.7. The van der Waals surface area contributed by atoms with Gasteiger partial charge in [-0.2, -0.15) is 0 Å². The molecule has 184 valence electrons. The Balaban J connectivity index is 1.56.